The van der Waals surface area contributed by atoms with Crippen molar-refractivity contribution in [1.82, 2.24) is 14.8 Å². The van der Waals surface area contributed by atoms with Crippen LogP contribution in [0.1, 0.15) is 15.9 Å². The third-order valence-corrected chi connectivity index (χ3v) is 4.16. The van der Waals surface area contributed by atoms with Crippen molar-refractivity contribution in [3.05, 3.63) is 84.3 Å². The van der Waals surface area contributed by atoms with Crippen LogP contribution in [0.25, 0.3) is 10.9 Å². The Hall–Kier alpha value is -3.67. The standard InChI is InChI=1S/C20H16N4O2/c25-19(17-12-21-18-5-2-1-4-16(17)18)20(26)23-15-8-6-14(7-9-15)13-24-11-3-10-22-24/h1-12,21H,13H2,(H,23,26). The Bertz CT molecular complexity index is 1060. The number of Topliss-reactive ketones (excluding diaryl/α,β-unsaturated/α-hetero) is 1. The Morgan fingerprint density at radius 2 is 1.85 bits per heavy atom. The number of rotatable bonds is 5. The summed E-state index contributed by atoms with van der Waals surface area (Å²) in [6.07, 6.45) is 5.18. The first-order chi connectivity index (χ1) is 12.7. The Kier molecular flexibility index (Phi) is 4.07. The van der Waals surface area contributed by atoms with Crippen molar-refractivity contribution in [1.29, 1.82) is 0 Å². The second kappa shape index (κ2) is 6.68. The molecule has 0 saturated carbocycles. The maximum absolute atomic E-state index is 12.5. The topological polar surface area (TPSA) is 79.8 Å². The minimum absolute atomic E-state index is 0.369. The predicted octanol–water partition coefficient (Wildman–Crippen LogP) is 3.23. The van der Waals surface area contributed by atoms with Crippen LogP contribution in [0.4, 0.5) is 5.69 Å². The number of carbonyl (C=O) groups is 2. The van der Waals surface area contributed by atoms with E-state index in [-0.39, 0.29) is 0 Å². The van der Waals surface area contributed by atoms with Gasteiger partial charge in [-0.2, -0.15) is 5.10 Å². The highest BCUT2D eigenvalue weighted by atomic mass is 16.2. The zero-order chi connectivity index (χ0) is 17.9. The van der Waals surface area contributed by atoms with Crippen LogP contribution >= 0.6 is 0 Å². The fourth-order valence-electron chi connectivity index (χ4n) is 2.84. The van der Waals surface area contributed by atoms with Crippen LogP contribution < -0.4 is 5.32 Å². The summed E-state index contributed by atoms with van der Waals surface area (Å²) in [7, 11) is 0. The number of ketones is 1. The summed E-state index contributed by atoms with van der Waals surface area (Å²) in [6, 6.07) is 16.6. The summed E-state index contributed by atoms with van der Waals surface area (Å²) in [5.74, 6) is -1.22. The molecule has 2 aromatic carbocycles. The number of H-pyrrole nitrogens is 1. The zero-order valence-corrected chi connectivity index (χ0v) is 13.8. The molecule has 4 rings (SSSR count). The molecule has 0 aliphatic carbocycles. The van der Waals surface area contributed by atoms with E-state index in [1.807, 2.05) is 53.3 Å². The molecule has 0 unspecified atom stereocenters. The minimum atomic E-state index is -0.658. The lowest BCUT2D eigenvalue weighted by Crippen LogP contribution is -2.22. The second-order valence-electron chi connectivity index (χ2n) is 5.93. The summed E-state index contributed by atoms with van der Waals surface area (Å²) in [5.41, 5.74) is 2.82. The van der Waals surface area contributed by atoms with E-state index in [0.717, 1.165) is 16.5 Å². The van der Waals surface area contributed by atoms with Crippen LogP contribution in [-0.2, 0) is 11.3 Å². The Morgan fingerprint density at radius 3 is 2.62 bits per heavy atom. The van der Waals surface area contributed by atoms with Gasteiger partial charge >= 0.3 is 0 Å². The summed E-state index contributed by atoms with van der Waals surface area (Å²) in [5, 5.41) is 7.55. The summed E-state index contributed by atoms with van der Waals surface area (Å²) in [4.78, 5) is 27.8. The number of hydrogen-bond donors (Lipinski definition) is 2. The van der Waals surface area contributed by atoms with E-state index < -0.39 is 11.7 Å². The molecule has 0 radical (unpaired) electrons. The van der Waals surface area contributed by atoms with Crippen molar-refractivity contribution < 1.29 is 9.59 Å². The van der Waals surface area contributed by atoms with Gasteiger partial charge in [-0.1, -0.05) is 30.3 Å². The molecule has 0 aliphatic rings. The number of aromatic amines is 1. The molecular weight excluding hydrogens is 328 g/mol. The molecule has 6 heteroatoms. The van der Waals surface area contributed by atoms with Gasteiger partial charge in [-0.3, -0.25) is 14.3 Å². The third-order valence-electron chi connectivity index (χ3n) is 4.16. The van der Waals surface area contributed by atoms with Crippen molar-refractivity contribution >= 4 is 28.3 Å². The van der Waals surface area contributed by atoms with Gasteiger partial charge in [0.25, 0.3) is 11.7 Å². The molecule has 2 N–H and O–H groups in total. The van der Waals surface area contributed by atoms with Crippen LogP contribution in [-0.4, -0.2) is 26.5 Å². The lowest BCUT2D eigenvalue weighted by molar-refractivity contribution is -0.112. The van der Waals surface area contributed by atoms with Crippen LogP contribution in [0.2, 0.25) is 0 Å². The zero-order valence-electron chi connectivity index (χ0n) is 13.8. The van der Waals surface area contributed by atoms with E-state index in [0.29, 0.717) is 17.8 Å². The van der Waals surface area contributed by atoms with Crippen molar-refractivity contribution in [2.24, 2.45) is 0 Å². The molecule has 0 atom stereocenters. The summed E-state index contributed by atoms with van der Waals surface area (Å²) in [6.45, 7) is 0.648. The second-order valence-corrected chi connectivity index (χ2v) is 5.93. The molecule has 0 bridgehead atoms. The number of anilines is 1. The number of aromatic nitrogens is 3. The quantitative estimate of drug-likeness (QED) is 0.431. The van der Waals surface area contributed by atoms with Crippen LogP contribution in [0.3, 0.4) is 0 Å². The largest absolute Gasteiger partial charge is 0.360 e. The molecule has 0 fully saturated rings. The minimum Gasteiger partial charge on any atom is -0.360 e. The fraction of sp³-hybridized carbons (Fsp3) is 0.0500. The highest BCUT2D eigenvalue weighted by Crippen LogP contribution is 2.19. The molecule has 2 heterocycles. The Balaban J connectivity index is 1.46. The maximum atomic E-state index is 12.5. The molecular formula is C20H16N4O2. The van der Waals surface area contributed by atoms with Gasteiger partial charge in [0, 0.05) is 35.2 Å². The van der Waals surface area contributed by atoms with Crippen molar-refractivity contribution in [3.63, 3.8) is 0 Å². The number of amides is 1. The molecule has 26 heavy (non-hydrogen) atoms. The summed E-state index contributed by atoms with van der Waals surface area (Å²) >= 11 is 0. The molecule has 0 spiro atoms. The van der Waals surface area contributed by atoms with Crippen molar-refractivity contribution in [2.75, 3.05) is 5.32 Å². The number of hydrogen-bond acceptors (Lipinski definition) is 3. The Morgan fingerprint density at radius 1 is 1.04 bits per heavy atom. The van der Waals surface area contributed by atoms with Crippen molar-refractivity contribution in [3.8, 4) is 0 Å². The molecule has 2 aromatic heterocycles. The fourth-order valence-corrected chi connectivity index (χ4v) is 2.84. The highest BCUT2D eigenvalue weighted by Gasteiger charge is 2.19. The lowest BCUT2D eigenvalue weighted by atomic mass is 10.1. The number of nitrogens with zero attached hydrogens (tertiary/aromatic N) is 2. The number of benzene rings is 2. The van der Waals surface area contributed by atoms with E-state index >= 15 is 0 Å². The number of carbonyl (C=O) groups excluding carboxylic acids is 2. The lowest BCUT2D eigenvalue weighted by Gasteiger charge is -2.06. The van der Waals surface area contributed by atoms with E-state index in [2.05, 4.69) is 15.4 Å². The first kappa shape index (κ1) is 15.8. The maximum Gasteiger partial charge on any atom is 0.296 e. The molecule has 128 valence electrons. The molecule has 0 aliphatic heterocycles. The van der Waals surface area contributed by atoms with Crippen molar-refractivity contribution in [2.45, 2.75) is 6.54 Å². The van der Waals surface area contributed by atoms with Gasteiger partial charge < -0.3 is 10.3 Å². The smallest absolute Gasteiger partial charge is 0.296 e. The monoisotopic (exact) mass is 344 g/mol. The van der Waals surface area contributed by atoms with E-state index in [9.17, 15) is 9.59 Å². The first-order valence-corrected chi connectivity index (χ1v) is 8.19. The van der Waals surface area contributed by atoms with Gasteiger partial charge in [0.2, 0.25) is 0 Å². The van der Waals surface area contributed by atoms with Crippen LogP contribution in [0, 0.1) is 0 Å². The molecule has 0 saturated heterocycles. The van der Waals surface area contributed by atoms with E-state index in [4.69, 9.17) is 0 Å². The van der Waals surface area contributed by atoms with E-state index in [1.165, 1.54) is 0 Å². The number of para-hydroxylation sites is 1. The van der Waals surface area contributed by atoms with Crippen LogP contribution in [0.5, 0.6) is 0 Å². The molecule has 1 amide bonds. The predicted molar refractivity (Wildman–Crippen MR) is 99.0 cm³/mol. The highest BCUT2D eigenvalue weighted by molar-refractivity contribution is 6.48. The molecule has 6 nitrogen and oxygen atoms in total. The normalized spacial score (nSPS) is 10.8. The van der Waals surface area contributed by atoms with Gasteiger partial charge in [0.05, 0.1) is 12.1 Å². The van der Waals surface area contributed by atoms with Gasteiger partial charge in [-0.25, -0.2) is 0 Å². The third kappa shape index (κ3) is 3.12. The van der Waals surface area contributed by atoms with Gasteiger partial charge in [0.1, 0.15) is 0 Å². The summed E-state index contributed by atoms with van der Waals surface area (Å²) < 4.78 is 1.81. The SMILES string of the molecule is O=C(Nc1ccc(Cn2cccn2)cc1)C(=O)c1c[nH]c2ccccc12. The average Bonchev–Trinajstić information content (AvgIpc) is 3.32. The van der Waals surface area contributed by atoms with E-state index in [1.54, 1.807) is 24.5 Å². The van der Waals surface area contributed by atoms with Gasteiger partial charge in [0.15, 0.2) is 0 Å². The average molecular weight is 344 g/mol. The number of nitrogens with one attached hydrogen (secondary N) is 2. The molecule has 4 aromatic rings. The number of fused-ring (bicyclic) bond motifs is 1. The first-order valence-electron chi connectivity index (χ1n) is 8.19. The Labute approximate surface area is 149 Å². The van der Waals surface area contributed by atoms with Gasteiger partial charge in [-0.15, -0.1) is 0 Å². The van der Waals surface area contributed by atoms with Crippen LogP contribution in [0.15, 0.2) is 73.2 Å². The van der Waals surface area contributed by atoms with Gasteiger partial charge in [-0.05, 0) is 29.8 Å².